The van der Waals surface area contributed by atoms with Gasteiger partial charge in [0.05, 0.1) is 0 Å². The van der Waals surface area contributed by atoms with E-state index in [0.29, 0.717) is 0 Å². The molecule has 0 aromatic rings. The molecule has 0 aromatic heterocycles. The highest BCUT2D eigenvalue weighted by atomic mass is 14.9. The van der Waals surface area contributed by atoms with Crippen LogP contribution in [0.4, 0.5) is 0 Å². The summed E-state index contributed by atoms with van der Waals surface area (Å²) in [4.78, 5) is 0. The van der Waals surface area contributed by atoms with Gasteiger partial charge in [-0.3, -0.25) is 0 Å². The highest BCUT2D eigenvalue weighted by molar-refractivity contribution is 4.80. The van der Waals surface area contributed by atoms with E-state index in [9.17, 15) is 0 Å². The maximum absolute atomic E-state index is 5.47. The summed E-state index contributed by atoms with van der Waals surface area (Å²) in [5.74, 6) is 0.865. The minimum Gasteiger partial charge on any atom is -0.330 e. The Labute approximate surface area is 82.3 Å². The van der Waals surface area contributed by atoms with E-state index in [0.717, 1.165) is 18.5 Å². The van der Waals surface area contributed by atoms with Crippen LogP contribution in [-0.2, 0) is 0 Å². The molecule has 1 aliphatic rings. The second-order valence-corrected chi connectivity index (χ2v) is 4.41. The molecular formula is C11H24N2. The number of nitrogens with two attached hydrogens (primary N) is 1. The van der Waals surface area contributed by atoms with Gasteiger partial charge in [0.15, 0.2) is 0 Å². The van der Waals surface area contributed by atoms with Gasteiger partial charge in [-0.1, -0.05) is 6.92 Å². The number of hydrogen-bond acceptors (Lipinski definition) is 2. The summed E-state index contributed by atoms with van der Waals surface area (Å²) in [5.41, 5.74) is 5.47. The van der Waals surface area contributed by atoms with Crippen molar-refractivity contribution in [2.75, 3.05) is 13.1 Å². The lowest BCUT2D eigenvalue weighted by atomic mass is 10.00. The lowest BCUT2D eigenvalue weighted by Crippen LogP contribution is -2.18. The number of nitrogens with one attached hydrogen (secondary N) is 1. The van der Waals surface area contributed by atoms with Crippen LogP contribution in [0.3, 0.4) is 0 Å². The molecule has 13 heavy (non-hydrogen) atoms. The quantitative estimate of drug-likeness (QED) is 0.565. The third-order valence-electron chi connectivity index (χ3n) is 2.79. The van der Waals surface area contributed by atoms with Crippen LogP contribution in [0.1, 0.15) is 45.4 Å². The van der Waals surface area contributed by atoms with Crippen molar-refractivity contribution in [3.05, 3.63) is 0 Å². The standard InChI is InChI=1S/C11H24N2/c1-10(4-2-8-12)5-3-9-13-11-6-7-11/h10-11,13H,2-9,12H2,1H3. The predicted molar refractivity (Wildman–Crippen MR) is 57.7 cm³/mol. The Morgan fingerprint density at radius 3 is 2.62 bits per heavy atom. The van der Waals surface area contributed by atoms with Crippen molar-refractivity contribution in [2.45, 2.75) is 51.5 Å². The molecule has 1 unspecified atom stereocenters. The van der Waals surface area contributed by atoms with E-state index in [2.05, 4.69) is 12.2 Å². The zero-order valence-corrected chi connectivity index (χ0v) is 8.89. The molecule has 2 nitrogen and oxygen atoms in total. The van der Waals surface area contributed by atoms with Gasteiger partial charge in [0.25, 0.3) is 0 Å². The van der Waals surface area contributed by atoms with Crippen molar-refractivity contribution in [3.8, 4) is 0 Å². The van der Waals surface area contributed by atoms with Crippen LogP contribution in [0.15, 0.2) is 0 Å². The molecule has 0 aliphatic heterocycles. The molecular weight excluding hydrogens is 160 g/mol. The summed E-state index contributed by atoms with van der Waals surface area (Å²) in [6, 6.07) is 0.874. The first-order valence-electron chi connectivity index (χ1n) is 5.76. The Hall–Kier alpha value is -0.0800. The lowest BCUT2D eigenvalue weighted by Gasteiger charge is -2.10. The Bertz CT molecular complexity index is 121. The molecule has 1 atom stereocenters. The summed E-state index contributed by atoms with van der Waals surface area (Å²) < 4.78 is 0. The second kappa shape index (κ2) is 6.39. The lowest BCUT2D eigenvalue weighted by molar-refractivity contribution is 0.452. The number of hydrogen-bond donors (Lipinski definition) is 2. The fourth-order valence-corrected chi connectivity index (χ4v) is 1.65. The summed E-state index contributed by atoms with van der Waals surface area (Å²) in [6.07, 6.45) is 8.00. The normalized spacial score (nSPS) is 18.9. The molecule has 1 saturated carbocycles. The van der Waals surface area contributed by atoms with E-state index in [1.165, 1.54) is 45.1 Å². The first-order valence-corrected chi connectivity index (χ1v) is 5.76. The summed E-state index contributed by atoms with van der Waals surface area (Å²) in [5, 5.41) is 3.54. The van der Waals surface area contributed by atoms with Crippen LogP contribution in [0.5, 0.6) is 0 Å². The van der Waals surface area contributed by atoms with Crippen LogP contribution in [0, 0.1) is 5.92 Å². The molecule has 1 aliphatic carbocycles. The zero-order chi connectivity index (χ0) is 9.52. The zero-order valence-electron chi connectivity index (χ0n) is 8.89. The van der Waals surface area contributed by atoms with Crippen molar-refractivity contribution >= 4 is 0 Å². The topological polar surface area (TPSA) is 38.0 Å². The Balaban J connectivity index is 1.79. The fraction of sp³-hybridized carbons (Fsp3) is 1.00. The van der Waals surface area contributed by atoms with Crippen molar-refractivity contribution in [1.82, 2.24) is 5.32 Å². The van der Waals surface area contributed by atoms with Crippen molar-refractivity contribution in [1.29, 1.82) is 0 Å². The fourth-order valence-electron chi connectivity index (χ4n) is 1.65. The van der Waals surface area contributed by atoms with Gasteiger partial charge in [0.2, 0.25) is 0 Å². The molecule has 0 bridgehead atoms. The van der Waals surface area contributed by atoms with E-state index in [-0.39, 0.29) is 0 Å². The maximum atomic E-state index is 5.47. The largest absolute Gasteiger partial charge is 0.330 e. The van der Waals surface area contributed by atoms with Gasteiger partial charge in [0, 0.05) is 6.04 Å². The highest BCUT2D eigenvalue weighted by Crippen LogP contribution is 2.19. The highest BCUT2D eigenvalue weighted by Gasteiger charge is 2.19. The average Bonchev–Trinajstić information content (AvgIpc) is 2.92. The van der Waals surface area contributed by atoms with E-state index in [1.807, 2.05) is 0 Å². The molecule has 0 heterocycles. The molecule has 0 spiro atoms. The van der Waals surface area contributed by atoms with Gasteiger partial charge >= 0.3 is 0 Å². The number of rotatable bonds is 8. The monoisotopic (exact) mass is 184 g/mol. The molecule has 0 amide bonds. The maximum Gasteiger partial charge on any atom is 0.00682 e. The molecule has 0 aromatic carbocycles. The van der Waals surface area contributed by atoms with E-state index < -0.39 is 0 Å². The SMILES string of the molecule is CC(CCCN)CCCNC1CC1. The van der Waals surface area contributed by atoms with Crippen LogP contribution < -0.4 is 11.1 Å². The van der Waals surface area contributed by atoms with Gasteiger partial charge < -0.3 is 11.1 Å². The predicted octanol–water partition coefficient (Wildman–Crippen LogP) is 1.89. The average molecular weight is 184 g/mol. The molecule has 1 rings (SSSR count). The third kappa shape index (κ3) is 6.05. The van der Waals surface area contributed by atoms with Crippen molar-refractivity contribution in [3.63, 3.8) is 0 Å². The Morgan fingerprint density at radius 2 is 2.00 bits per heavy atom. The minimum absolute atomic E-state index is 0.852. The molecule has 78 valence electrons. The second-order valence-electron chi connectivity index (χ2n) is 4.41. The minimum atomic E-state index is 0.852. The van der Waals surface area contributed by atoms with Gasteiger partial charge in [-0.25, -0.2) is 0 Å². The van der Waals surface area contributed by atoms with E-state index >= 15 is 0 Å². The molecule has 0 radical (unpaired) electrons. The van der Waals surface area contributed by atoms with Gasteiger partial charge in [-0.15, -0.1) is 0 Å². The smallest absolute Gasteiger partial charge is 0.00682 e. The van der Waals surface area contributed by atoms with Gasteiger partial charge in [-0.2, -0.15) is 0 Å². The molecule has 0 saturated heterocycles. The molecule has 3 N–H and O–H groups in total. The summed E-state index contributed by atoms with van der Waals surface area (Å²) in [7, 11) is 0. The van der Waals surface area contributed by atoms with Crippen LogP contribution in [0.2, 0.25) is 0 Å². The van der Waals surface area contributed by atoms with Gasteiger partial charge in [0.1, 0.15) is 0 Å². The molecule has 2 heteroatoms. The van der Waals surface area contributed by atoms with Crippen LogP contribution >= 0.6 is 0 Å². The van der Waals surface area contributed by atoms with Gasteiger partial charge in [-0.05, 0) is 57.5 Å². The molecule has 1 fully saturated rings. The Kier molecular flexibility index (Phi) is 5.40. The first kappa shape index (κ1) is 11.0. The third-order valence-corrected chi connectivity index (χ3v) is 2.79. The summed E-state index contributed by atoms with van der Waals surface area (Å²) in [6.45, 7) is 4.41. The first-order chi connectivity index (χ1) is 6.33. The van der Waals surface area contributed by atoms with Crippen molar-refractivity contribution < 1.29 is 0 Å². The van der Waals surface area contributed by atoms with E-state index in [4.69, 9.17) is 5.73 Å². The van der Waals surface area contributed by atoms with Crippen LogP contribution in [-0.4, -0.2) is 19.1 Å². The Morgan fingerprint density at radius 1 is 1.31 bits per heavy atom. The summed E-state index contributed by atoms with van der Waals surface area (Å²) >= 11 is 0. The van der Waals surface area contributed by atoms with Crippen molar-refractivity contribution in [2.24, 2.45) is 11.7 Å². The van der Waals surface area contributed by atoms with E-state index in [1.54, 1.807) is 0 Å². The van der Waals surface area contributed by atoms with Crippen LogP contribution in [0.25, 0.3) is 0 Å².